The molecule has 0 spiro atoms. The quantitative estimate of drug-likeness (QED) is 0.0901. The van der Waals surface area contributed by atoms with E-state index < -0.39 is 41.9 Å². The van der Waals surface area contributed by atoms with Crippen LogP contribution >= 0.6 is 0 Å². The van der Waals surface area contributed by atoms with Gasteiger partial charge in [0.1, 0.15) is 23.4 Å². The molecule has 0 amide bonds. The van der Waals surface area contributed by atoms with Crippen LogP contribution in [0.2, 0.25) is 0 Å². The normalized spacial score (nSPS) is 38.2. The van der Waals surface area contributed by atoms with Crippen molar-refractivity contribution < 1.29 is 120 Å². The number of rotatable bonds is 3. The number of fused-ring (bicyclic) bond motifs is 22. The highest BCUT2D eigenvalue weighted by atomic mass is 16.6. The Balaban J connectivity index is 0.000000182. The average Bonchev–Trinajstić information content (AvgIpc) is 1.58. The van der Waals surface area contributed by atoms with Crippen molar-refractivity contribution in [3.63, 3.8) is 0 Å². The van der Waals surface area contributed by atoms with Crippen molar-refractivity contribution in [3.8, 4) is 0 Å². The van der Waals surface area contributed by atoms with E-state index >= 15 is 0 Å². The Labute approximate surface area is 601 Å². The first kappa shape index (κ1) is 83.2. The van der Waals surface area contributed by atoms with Gasteiger partial charge >= 0.3 is 83.6 Å². The first-order valence-corrected chi connectivity index (χ1v) is 34.3. The number of cyclic esters (lactones) is 13. The molecule has 8 heterocycles. The second kappa shape index (κ2) is 35.1. The number of hydrogen-bond acceptors (Lipinski definition) is 24. The molecule has 7 saturated heterocycles. The van der Waals surface area contributed by atoms with Gasteiger partial charge in [-0.25, -0.2) is 9.59 Å². The number of carbonyl (C=O) groups is 15. The van der Waals surface area contributed by atoms with Gasteiger partial charge in [-0.3, -0.25) is 62.3 Å². The van der Waals surface area contributed by atoms with Crippen molar-refractivity contribution in [2.45, 2.75) is 173 Å². The molecule has 8 aliphatic heterocycles. The summed E-state index contributed by atoms with van der Waals surface area (Å²) in [6.07, 6.45) is 30.5. The third kappa shape index (κ3) is 17.1. The molecule has 1 N–H and O–H groups in total. The summed E-state index contributed by atoms with van der Waals surface area (Å²) in [4.78, 5) is 161. The zero-order valence-electron chi connectivity index (χ0n) is 54.6. The highest BCUT2D eigenvalue weighted by molar-refractivity contribution is 6.05. The number of allylic oxidation sites excluding steroid dienone is 9. The van der Waals surface area contributed by atoms with Crippen molar-refractivity contribution >= 4 is 90.0 Å². The van der Waals surface area contributed by atoms with E-state index in [-0.39, 0.29) is 187 Å². The van der Waals surface area contributed by atoms with Crippen LogP contribution in [0, 0.1) is 136 Å². The third-order valence-corrected chi connectivity index (χ3v) is 23.6. The van der Waals surface area contributed by atoms with Crippen LogP contribution in [0.3, 0.4) is 0 Å². The van der Waals surface area contributed by atoms with Gasteiger partial charge in [-0.1, -0.05) is 126 Å². The molecule has 0 radical (unpaired) electrons. The van der Waals surface area contributed by atoms with Crippen LogP contribution in [0.15, 0.2) is 85.6 Å². The highest BCUT2D eigenvalue weighted by Crippen LogP contribution is 2.62. The lowest BCUT2D eigenvalue weighted by molar-refractivity contribution is -0.156. The van der Waals surface area contributed by atoms with Gasteiger partial charge in [0.15, 0.2) is 0 Å². The highest BCUT2D eigenvalue weighted by Gasteiger charge is 2.63. The molecule has 19 rings (SSSR count). The number of aliphatic carboxylic acids is 1. The monoisotopic (exact) mass is 1440 g/mol. The maximum atomic E-state index is 11.5. The Morgan fingerprint density at radius 3 is 1.31 bits per heavy atom. The topological polar surface area (TPSA) is 359 Å². The van der Waals surface area contributed by atoms with E-state index in [1.54, 1.807) is 0 Å². The van der Waals surface area contributed by atoms with Gasteiger partial charge in [0, 0.05) is 29.9 Å². The van der Waals surface area contributed by atoms with Gasteiger partial charge in [-0.15, -0.1) is 0 Å². The number of carbonyl (C=O) groups excluding carboxylic acids is 14. The van der Waals surface area contributed by atoms with Crippen LogP contribution in [-0.2, 0) is 115 Å². The van der Waals surface area contributed by atoms with Crippen molar-refractivity contribution in [2.24, 2.45) is 136 Å². The minimum atomic E-state index is -0.860. The second-order valence-corrected chi connectivity index (χ2v) is 28.6. The molecule has 11 aliphatic carbocycles. The fourth-order valence-electron chi connectivity index (χ4n) is 18.9. The summed E-state index contributed by atoms with van der Waals surface area (Å²) in [5.41, 5.74) is 0. The second-order valence-electron chi connectivity index (χ2n) is 28.6. The largest absolute Gasteiger partial charge is 0.481 e. The molecule has 23 unspecified atom stereocenters. The fourth-order valence-corrected chi connectivity index (χ4v) is 18.9. The van der Waals surface area contributed by atoms with Gasteiger partial charge in [-0.2, -0.15) is 0 Å². The van der Waals surface area contributed by atoms with Crippen molar-refractivity contribution in [3.05, 3.63) is 85.6 Å². The van der Waals surface area contributed by atoms with E-state index in [1.165, 1.54) is 32.1 Å². The van der Waals surface area contributed by atoms with Crippen LogP contribution < -0.4 is 0 Å². The Bertz CT molecular complexity index is 3310. The summed E-state index contributed by atoms with van der Waals surface area (Å²) >= 11 is 0. The van der Waals surface area contributed by atoms with E-state index in [0.29, 0.717) is 72.4 Å². The minimum absolute atomic E-state index is 0. The van der Waals surface area contributed by atoms with E-state index in [4.69, 9.17) is 24.1 Å². The van der Waals surface area contributed by atoms with Crippen LogP contribution in [0.5, 0.6) is 0 Å². The average molecular weight is 1440 g/mol. The molecule has 25 nitrogen and oxygen atoms in total. The van der Waals surface area contributed by atoms with Crippen molar-refractivity contribution in [1.82, 2.24) is 0 Å². The summed E-state index contributed by atoms with van der Waals surface area (Å²) in [5.74, 6) is 2.30. The predicted molar refractivity (Wildman–Crippen MR) is 365 cm³/mol. The molecule has 103 heavy (non-hydrogen) atoms. The molecule has 19 aliphatic rings. The minimum Gasteiger partial charge on any atom is -0.481 e. The molecule has 25 heteroatoms. The lowest BCUT2D eigenvalue weighted by atomic mass is 9.80. The Hall–Kier alpha value is -8.77. The van der Waals surface area contributed by atoms with Gasteiger partial charge in [0.25, 0.3) is 6.47 Å². The summed E-state index contributed by atoms with van der Waals surface area (Å²) in [6.45, 7) is 16.1. The molecule has 0 aromatic heterocycles. The summed E-state index contributed by atoms with van der Waals surface area (Å²) < 4.78 is 41.6. The summed E-state index contributed by atoms with van der Waals surface area (Å²) in [7, 11) is 0. The predicted octanol–water partition coefficient (Wildman–Crippen LogP) is 10.9. The molecule has 8 bridgehead atoms. The Morgan fingerprint density at radius 1 is 0.427 bits per heavy atom. The van der Waals surface area contributed by atoms with Gasteiger partial charge in [0.2, 0.25) is 0 Å². The Morgan fingerprint density at radius 2 is 0.854 bits per heavy atom. The summed E-state index contributed by atoms with van der Waals surface area (Å²) in [5, 5.41) is 8.74. The SMILES string of the molecule is C.C.C.C.C.C=C1OC(=O)C2C3CCC(C3)C12.C=C1OC(=O)C2C3CCC(C3C)C12.C=C1OC(=O)C2CC=CCC12.CC1C2C=CC1C1C(=O)OC(=O)C21.O=C1C=CC(=O)O1.O=C1CCC(=O)O1.O=C1OC(=O)C2C3C=CC(C3)C12.O=C1OC(=O)C2CCCCC12.O=COC1CCCCC1C(=O)O. The zero-order valence-corrected chi connectivity index (χ0v) is 54.6. The van der Waals surface area contributed by atoms with Crippen LogP contribution in [0.4, 0.5) is 0 Å². The fraction of sp³-hybridized carbons (Fsp3) is 0.628. The lowest BCUT2D eigenvalue weighted by Crippen LogP contribution is -2.33. The van der Waals surface area contributed by atoms with E-state index in [9.17, 15) is 71.9 Å². The first-order valence-electron chi connectivity index (χ1n) is 34.3. The number of carboxylic acid groups (broad SMARTS) is 1. The number of ether oxygens (including phenoxy) is 9. The van der Waals surface area contributed by atoms with Gasteiger partial charge in [-0.05, 0) is 143 Å². The first-order chi connectivity index (χ1) is 46.8. The smallest absolute Gasteiger partial charge is 0.338 e. The third-order valence-electron chi connectivity index (χ3n) is 23.6. The number of hydrogen-bond donors (Lipinski definition) is 1. The molecule has 564 valence electrons. The van der Waals surface area contributed by atoms with Gasteiger partial charge < -0.3 is 47.7 Å². The van der Waals surface area contributed by atoms with Gasteiger partial charge in [0.05, 0.1) is 72.0 Å². The van der Waals surface area contributed by atoms with E-state index in [1.807, 2.05) is 18.2 Å². The van der Waals surface area contributed by atoms with E-state index in [0.717, 1.165) is 81.5 Å². The van der Waals surface area contributed by atoms with Crippen LogP contribution in [-0.4, -0.2) is 101 Å². The maximum Gasteiger partial charge on any atom is 0.338 e. The Kier molecular flexibility index (Phi) is 28.4. The molecule has 0 aromatic rings. The zero-order chi connectivity index (χ0) is 70.1. The van der Waals surface area contributed by atoms with Crippen molar-refractivity contribution in [1.29, 1.82) is 0 Å². The molecule has 23 atom stereocenters. The molecular formula is C78H102O25. The number of carboxylic acids is 1. The van der Waals surface area contributed by atoms with Crippen LogP contribution in [0.1, 0.15) is 167 Å². The maximum absolute atomic E-state index is 11.5. The molecular weight excluding hydrogens is 1340 g/mol. The van der Waals surface area contributed by atoms with E-state index in [2.05, 4.69) is 75.5 Å². The van der Waals surface area contributed by atoms with Crippen molar-refractivity contribution in [2.75, 3.05) is 0 Å². The standard InChI is InChI=1S/C11H14O2.C10H10O3.C10H12O2.C9H8O3.C9H10O2.C8H12O4.C8H10O3.C4H4O3.C4H2O3.5CH4/c1-5-7-3-4-8(5)10-9(7)6(2)13-11(10)12;1-4-5-2-3-6(4)8-7(5)9(11)13-10(8)12;1-5-8-6-2-3-7(4-6)9(8)10(11)12-5;10-8-6-4-1-2-5(3-4)7(6)9(11)12-8;1-6-7-4-2-3-5-8(7)9(10)11-6;9-5-12-7-4-2-1-3-6(7)8(10)11;9-7-5-3-1-2-4-6(5)8(10)11-7;2*5-3-1-2-4(6)7-3;;;;;/h5,7-10H,2-4H2,1H3;2-8H,1H3;6-9H,1-4H2;1-2,4-7H,3H2;2-3,7-8H,1,4-5H2;5-7H,1-4H2,(H,10,11);5-6H,1-4H2;1-2H2;1-2H;5*1H4. The molecule has 15 fully saturated rings. The van der Waals surface area contributed by atoms with Crippen LogP contribution in [0.25, 0.3) is 0 Å². The molecule has 8 saturated carbocycles. The summed E-state index contributed by atoms with van der Waals surface area (Å²) in [6, 6.07) is 0. The molecule has 0 aromatic carbocycles. The number of esters is 13. The lowest BCUT2D eigenvalue weighted by Gasteiger charge is -2.26.